The Labute approximate surface area is 90.2 Å². The largest absolute Gasteiger partial charge is 0.480 e. The molecule has 0 aliphatic rings. The molecule has 0 aliphatic carbocycles. The van der Waals surface area contributed by atoms with Crippen LogP contribution in [-0.2, 0) is 9.59 Å². The molecule has 0 aromatic carbocycles. The fourth-order valence-corrected chi connectivity index (χ4v) is 1.20. The quantitative estimate of drug-likeness (QED) is 0.568. The number of amides is 1. The van der Waals surface area contributed by atoms with E-state index in [4.69, 9.17) is 5.11 Å². The number of rotatable bonds is 7. The van der Waals surface area contributed by atoms with Gasteiger partial charge in [0.2, 0.25) is 5.91 Å². The highest BCUT2D eigenvalue weighted by Crippen LogP contribution is 2.04. The zero-order chi connectivity index (χ0) is 11.8. The molecule has 0 fully saturated rings. The number of carbonyl (C=O) groups excluding carboxylic acids is 1. The van der Waals surface area contributed by atoms with Crippen molar-refractivity contribution in [2.45, 2.75) is 32.7 Å². The van der Waals surface area contributed by atoms with Gasteiger partial charge < -0.3 is 15.7 Å². The predicted molar refractivity (Wildman–Crippen MR) is 57.6 cm³/mol. The highest BCUT2D eigenvalue weighted by molar-refractivity contribution is 5.83. The molecular formula is C10H20N2O3. The van der Waals surface area contributed by atoms with Crippen LogP contribution in [0.4, 0.5) is 0 Å². The van der Waals surface area contributed by atoms with Crippen molar-refractivity contribution < 1.29 is 14.7 Å². The Kier molecular flexibility index (Phi) is 6.70. The molecule has 0 bridgehead atoms. The van der Waals surface area contributed by atoms with Crippen molar-refractivity contribution >= 4 is 11.9 Å². The molecule has 0 saturated carbocycles. The number of carboxylic acids is 1. The summed E-state index contributed by atoms with van der Waals surface area (Å²) in [5, 5.41) is 14.2. The van der Waals surface area contributed by atoms with Gasteiger partial charge in [-0.05, 0) is 19.4 Å². The number of aliphatic carboxylic acids is 1. The van der Waals surface area contributed by atoms with E-state index in [1.807, 2.05) is 13.8 Å². The van der Waals surface area contributed by atoms with Crippen LogP contribution in [0.1, 0.15) is 26.7 Å². The van der Waals surface area contributed by atoms with Gasteiger partial charge in [-0.1, -0.05) is 13.8 Å². The summed E-state index contributed by atoms with van der Waals surface area (Å²) >= 11 is 0. The Morgan fingerprint density at radius 1 is 1.33 bits per heavy atom. The Morgan fingerprint density at radius 3 is 2.33 bits per heavy atom. The van der Waals surface area contributed by atoms with Gasteiger partial charge in [-0.3, -0.25) is 4.79 Å². The average Bonchev–Trinajstić information content (AvgIpc) is 2.12. The van der Waals surface area contributed by atoms with Crippen molar-refractivity contribution in [1.29, 1.82) is 0 Å². The lowest BCUT2D eigenvalue weighted by atomic mass is 10.0. The molecule has 0 aliphatic heterocycles. The highest BCUT2D eigenvalue weighted by atomic mass is 16.4. The molecule has 15 heavy (non-hydrogen) atoms. The van der Waals surface area contributed by atoms with Crippen LogP contribution in [0.5, 0.6) is 0 Å². The summed E-state index contributed by atoms with van der Waals surface area (Å²) in [5.41, 5.74) is 0. The number of hydrogen-bond donors (Lipinski definition) is 3. The molecule has 0 heterocycles. The summed E-state index contributed by atoms with van der Waals surface area (Å²) in [6, 6.07) is -0.769. The van der Waals surface area contributed by atoms with Crippen LogP contribution in [0.3, 0.4) is 0 Å². The smallest absolute Gasteiger partial charge is 0.326 e. The molecule has 0 rings (SSSR count). The number of nitrogens with one attached hydrogen (secondary N) is 2. The topological polar surface area (TPSA) is 78.4 Å². The summed E-state index contributed by atoms with van der Waals surface area (Å²) in [4.78, 5) is 22.1. The zero-order valence-corrected chi connectivity index (χ0v) is 9.54. The molecule has 5 heteroatoms. The fraction of sp³-hybridized carbons (Fsp3) is 0.800. The summed E-state index contributed by atoms with van der Waals surface area (Å²) < 4.78 is 0. The lowest BCUT2D eigenvalue weighted by Gasteiger charge is -2.16. The number of hydrogen-bond acceptors (Lipinski definition) is 3. The second kappa shape index (κ2) is 7.23. The molecule has 1 amide bonds. The van der Waals surface area contributed by atoms with E-state index in [9.17, 15) is 9.59 Å². The third-order valence-electron chi connectivity index (χ3n) is 1.94. The lowest BCUT2D eigenvalue weighted by Crippen LogP contribution is -2.42. The average molecular weight is 216 g/mol. The monoisotopic (exact) mass is 216 g/mol. The summed E-state index contributed by atoms with van der Waals surface area (Å²) in [5.74, 6) is -0.949. The van der Waals surface area contributed by atoms with Crippen molar-refractivity contribution in [3.8, 4) is 0 Å². The van der Waals surface area contributed by atoms with Crippen molar-refractivity contribution in [2.75, 3.05) is 13.6 Å². The van der Waals surface area contributed by atoms with Gasteiger partial charge in [0.25, 0.3) is 0 Å². The third kappa shape index (κ3) is 6.90. The van der Waals surface area contributed by atoms with Crippen molar-refractivity contribution in [2.24, 2.45) is 5.92 Å². The van der Waals surface area contributed by atoms with Gasteiger partial charge in [0, 0.05) is 13.0 Å². The van der Waals surface area contributed by atoms with Gasteiger partial charge in [-0.15, -0.1) is 0 Å². The second-order valence-corrected chi connectivity index (χ2v) is 3.94. The third-order valence-corrected chi connectivity index (χ3v) is 1.94. The number of carbonyl (C=O) groups is 2. The first-order chi connectivity index (χ1) is 6.97. The van der Waals surface area contributed by atoms with E-state index in [1.165, 1.54) is 0 Å². The molecule has 0 spiro atoms. The van der Waals surface area contributed by atoms with E-state index < -0.39 is 12.0 Å². The van der Waals surface area contributed by atoms with E-state index in [2.05, 4.69) is 10.6 Å². The maximum absolute atomic E-state index is 11.3. The van der Waals surface area contributed by atoms with Gasteiger partial charge in [0.05, 0.1) is 0 Å². The van der Waals surface area contributed by atoms with E-state index in [-0.39, 0.29) is 11.8 Å². The lowest BCUT2D eigenvalue weighted by molar-refractivity contribution is -0.142. The molecule has 3 N–H and O–H groups in total. The maximum atomic E-state index is 11.3. The van der Waals surface area contributed by atoms with Crippen LogP contribution in [0.25, 0.3) is 0 Å². The molecule has 0 aromatic rings. The van der Waals surface area contributed by atoms with Crippen LogP contribution in [0, 0.1) is 5.92 Å². The van der Waals surface area contributed by atoms with E-state index >= 15 is 0 Å². The summed E-state index contributed by atoms with van der Waals surface area (Å²) in [6.45, 7) is 4.41. The Hall–Kier alpha value is -1.10. The zero-order valence-electron chi connectivity index (χ0n) is 9.54. The second-order valence-electron chi connectivity index (χ2n) is 3.94. The van der Waals surface area contributed by atoms with Gasteiger partial charge in [0.1, 0.15) is 6.04 Å². The molecule has 1 atom stereocenters. The summed E-state index contributed by atoms with van der Waals surface area (Å²) in [6.07, 6.45) is 0.763. The molecule has 5 nitrogen and oxygen atoms in total. The summed E-state index contributed by atoms with van der Waals surface area (Å²) in [7, 11) is 1.75. The first kappa shape index (κ1) is 13.9. The van der Waals surface area contributed by atoms with Crippen LogP contribution >= 0.6 is 0 Å². The standard InChI is InChI=1S/C10H20N2O3/c1-7(2)6-8(10(14)15)12-9(13)4-5-11-3/h7-8,11H,4-6H2,1-3H3,(H,12,13)(H,14,15)/t8-/m0/s1. The first-order valence-corrected chi connectivity index (χ1v) is 5.14. The Balaban J connectivity index is 4.05. The minimum Gasteiger partial charge on any atom is -0.480 e. The molecule has 0 aromatic heterocycles. The Bertz CT molecular complexity index is 217. The van der Waals surface area contributed by atoms with Gasteiger partial charge in [0.15, 0.2) is 0 Å². The normalized spacial score (nSPS) is 12.5. The SMILES string of the molecule is CNCCC(=O)N[C@@H](CC(C)C)C(=O)O. The van der Waals surface area contributed by atoms with E-state index in [0.717, 1.165) is 0 Å². The predicted octanol–water partition coefficient (Wildman–Crippen LogP) is 0.211. The van der Waals surface area contributed by atoms with Gasteiger partial charge >= 0.3 is 5.97 Å². The van der Waals surface area contributed by atoms with Crippen LogP contribution < -0.4 is 10.6 Å². The van der Waals surface area contributed by atoms with Crippen molar-refractivity contribution in [1.82, 2.24) is 10.6 Å². The van der Waals surface area contributed by atoms with Gasteiger partial charge in [-0.25, -0.2) is 4.79 Å². The molecule has 0 radical (unpaired) electrons. The number of carboxylic acid groups (broad SMARTS) is 1. The van der Waals surface area contributed by atoms with E-state index in [0.29, 0.717) is 19.4 Å². The Morgan fingerprint density at radius 2 is 1.93 bits per heavy atom. The molecule has 0 saturated heterocycles. The van der Waals surface area contributed by atoms with Crippen LogP contribution in [-0.4, -0.2) is 36.6 Å². The molecular weight excluding hydrogens is 196 g/mol. The molecule has 88 valence electrons. The van der Waals surface area contributed by atoms with Crippen molar-refractivity contribution in [3.05, 3.63) is 0 Å². The van der Waals surface area contributed by atoms with Crippen LogP contribution in [0.15, 0.2) is 0 Å². The van der Waals surface area contributed by atoms with Crippen molar-refractivity contribution in [3.63, 3.8) is 0 Å². The minimum atomic E-state index is -0.971. The molecule has 0 unspecified atom stereocenters. The maximum Gasteiger partial charge on any atom is 0.326 e. The van der Waals surface area contributed by atoms with E-state index in [1.54, 1.807) is 7.05 Å². The van der Waals surface area contributed by atoms with Crippen LogP contribution in [0.2, 0.25) is 0 Å². The fourth-order valence-electron chi connectivity index (χ4n) is 1.20. The van der Waals surface area contributed by atoms with Gasteiger partial charge in [-0.2, -0.15) is 0 Å². The highest BCUT2D eigenvalue weighted by Gasteiger charge is 2.20. The minimum absolute atomic E-state index is 0.225. The first-order valence-electron chi connectivity index (χ1n) is 5.14.